The lowest BCUT2D eigenvalue weighted by atomic mass is 9.99. The Morgan fingerprint density at radius 1 is 0.821 bits per heavy atom. The molecule has 0 aliphatic carbocycles. The summed E-state index contributed by atoms with van der Waals surface area (Å²) < 4.78 is 41.5. The number of fused-ring (bicyclic) bond motifs is 1. The van der Waals surface area contributed by atoms with Gasteiger partial charge in [-0.3, -0.25) is 34.2 Å². The molecule has 19 heteroatoms. The highest BCUT2D eigenvalue weighted by atomic mass is 19.1. The van der Waals surface area contributed by atoms with Crippen LogP contribution in [-0.4, -0.2) is 133 Å². The predicted octanol–water partition coefficient (Wildman–Crippen LogP) is 3.65. The Morgan fingerprint density at radius 2 is 1.57 bits per heavy atom. The minimum Gasteiger partial charge on any atom is -0.382 e. The van der Waals surface area contributed by atoms with E-state index in [0.717, 1.165) is 64.1 Å². The number of benzene rings is 3. The molecular formula is C48H56FN9O9. The van der Waals surface area contributed by atoms with Crippen molar-refractivity contribution in [3.63, 3.8) is 0 Å². The summed E-state index contributed by atoms with van der Waals surface area (Å²) >= 11 is 0. The summed E-state index contributed by atoms with van der Waals surface area (Å²) in [7, 11) is 1.92. The van der Waals surface area contributed by atoms with E-state index in [2.05, 4.69) is 60.4 Å². The summed E-state index contributed by atoms with van der Waals surface area (Å²) in [5.74, 6) is -2.87. The first-order valence-corrected chi connectivity index (χ1v) is 22.9. The largest absolute Gasteiger partial charge is 0.382 e. The maximum atomic E-state index is 15.0. The number of hydrogen-bond donors (Lipinski definition) is 4. The number of anilines is 1. The Kier molecular flexibility index (Phi) is 15.8. The molecule has 0 radical (unpaired) electrons. The van der Waals surface area contributed by atoms with Gasteiger partial charge >= 0.3 is 0 Å². The van der Waals surface area contributed by atoms with Crippen LogP contribution in [0.5, 0.6) is 0 Å². The molecule has 0 spiro atoms. The number of imide groups is 2. The maximum Gasteiger partial charge on any atom is 0.264 e. The van der Waals surface area contributed by atoms with E-state index in [0.29, 0.717) is 96.7 Å². The standard InChI is InChI=1S/C48H56FN9O9/c1-50-29-31-8-10-32(11-9-31)44-35-14-15-52-45(60)37-27-33(49)28-40(42(35)37)57(44)17-3-2-5-34-30-56(55-54-34)18-20-65-22-24-67-26-25-66-23-21-64-19-16-51-38-7-4-6-36-43(38)48(63)58(47(36)62)39-12-13-41(59)53-46(39)61/h4,6-11,27-28,30,39,50-51H,2-3,5,12-26,29H2,1H3,(H,52,60)(H,53,59,61). The number of amides is 5. The van der Waals surface area contributed by atoms with Crippen molar-refractivity contribution in [2.45, 2.75) is 64.2 Å². The number of carbonyl (C=O) groups is 5. The number of unbranched alkanes of at least 4 members (excludes halogenated alkanes) is 1. The Labute approximate surface area is 386 Å². The summed E-state index contributed by atoms with van der Waals surface area (Å²) in [5, 5.41) is 20.9. The van der Waals surface area contributed by atoms with Gasteiger partial charge in [0, 0.05) is 49.9 Å². The van der Waals surface area contributed by atoms with Crippen LogP contribution in [0, 0.1) is 5.82 Å². The summed E-state index contributed by atoms with van der Waals surface area (Å²) in [6, 6.07) is 15.2. The van der Waals surface area contributed by atoms with Gasteiger partial charge in [0.1, 0.15) is 11.9 Å². The Balaban J connectivity index is 0.680. The van der Waals surface area contributed by atoms with E-state index >= 15 is 0 Å². The first-order chi connectivity index (χ1) is 32.7. The van der Waals surface area contributed by atoms with E-state index in [1.54, 1.807) is 28.9 Å². The second kappa shape index (κ2) is 22.4. The zero-order chi connectivity index (χ0) is 46.7. The number of hydrogen-bond acceptors (Lipinski definition) is 13. The van der Waals surface area contributed by atoms with Gasteiger partial charge in [-0.15, -0.1) is 5.10 Å². The van der Waals surface area contributed by atoms with Crippen molar-refractivity contribution in [2.24, 2.45) is 0 Å². The molecule has 4 N–H and O–H groups in total. The topological polar surface area (TPSA) is 209 Å². The summed E-state index contributed by atoms with van der Waals surface area (Å²) in [6.07, 6.45) is 5.16. The second-order valence-electron chi connectivity index (χ2n) is 16.5. The van der Waals surface area contributed by atoms with Crippen LogP contribution in [0.1, 0.15) is 73.6 Å². The fraction of sp³-hybridized carbons (Fsp3) is 0.438. The maximum absolute atomic E-state index is 15.0. The van der Waals surface area contributed by atoms with Crippen LogP contribution in [0.25, 0.3) is 22.2 Å². The highest BCUT2D eigenvalue weighted by Gasteiger charge is 2.45. The zero-order valence-electron chi connectivity index (χ0n) is 37.6. The van der Waals surface area contributed by atoms with Gasteiger partial charge in [-0.2, -0.15) is 0 Å². The number of aromatic nitrogens is 4. The highest BCUT2D eigenvalue weighted by molar-refractivity contribution is 6.25. The minimum absolute atomic E-state index is 0.0575. The molecule has 1 fully saturated rings. The quantitative estimate of drug-likeness (QED) is 0.0488. The molecule has 0 saturated carbocycles. The van der Waals surface area contributed by atoms with Crippen molar-refractivity contribution < 1.29 is 47.3 Å². The van der Waals surface area contributed by atoms with Crippen molar-refractivity contribution in [3.05, 3.63) is 100 Å². The number of nitrogens with zero attached hydrogens (tertiary/aromatic N) is 5. The van der Waals surface area contributed by atoms with Crippen LogP contribution in [0.15, 0.2) is 60.8 Å². The van der Waals surface area contributed by atoms with Crippen molar-refractivity contribution >= 4 is 46.1 Å². The van der Waals surface area contributed by atoms with Gasteiger partial charge in [0.05, 0.1) is 93.0 Å². The molecule has 1 saturated heterocycles. The molecule has 354 valence electrons. The number of aryl methyl sites for hydroxylation is 2. The van der Waals surface area contributed by atoms with Gasteiger partial charge in [-0.05, 0) is 80.1 Å². The molecule has 8 rings (SSSR count). The van der Waals surface area contributed by atoms with Crippen molar-refractivity contribution in [1.29, 1.82) is 0 Å². The predicted molar refractivity (Wildman–Crippen MR) is 244 cm³/mol. The van der Waals surface area contributed by atoms with Crippen LogP contribution in [0.4, 0.5) is 10.1 Å². The van der Waals surface area contributed by atoms with Crippen molar-refractivity contribution in [1.82, 2.24) is 40.4 Å². The van der Waals surface area contributed by atoms with Gasteiger partial charge in [-0.25, -0.2) is 9.07 Å². The third-order valence-electron chi connectivity index (χ3n) is 12.0. The van der Waals surface area contributed by atoms with E-state index in [1.807, 2.05) is 13.2 Å². The molecule has 0 bridgehead atoms. The molecule has 3 aliphatic heterocycles. The zero-order valence-corrected chi connectivity index (χ0v) is 37.6. The number of nitrogens with one attached hydrogen (secondary N) is 4. The Morgan fingerprint density at radius 3 is 2.31 bits per heavy atom. The van der Waals surface area contributed by atoms with Crippen molar-refractivity contribution in [2.75, 3.05) is 78.3 Å². The smallest absolute Gasteiger partial charge is 0.264 e. The third kappa shape index (κ3) is 11.1. The number of piperidine rings is 1. The van der Waals surface area contributed by atoms with Crippen LogP contribution in [0.3, 0.4) is 0 Å². The summed E-state index contributed by atoms with van der Waals surface area (Å²) in [4.78, 5) is 64.1. The third-order valence-corrected chi connectivity index (χ3v) is 12.0. The molecule has 2 aromatic heterocycles. The number of halogens is 1. The van der Waals surface area contributed by atoms with Gasteiger partial charge < -0.3 is 39.5 Å². The van der Waals surface area contributed by atoms with E-state index in [-0.39, 0.29) is 29.9 Å². The van der Waals surface area contributed by atoms with E-state index in [4.69, 9.17) is 18.9 Å². The Hall–Kier alpha value is -6.38. The van der Waals surface area contributed by atoms with Gasteiger partial charge in [0.2, 0.25) is 11.8 Å². The molecule has 67 heavy (non-hydrogen) atoms. The normalized spacial score (nSPS) is 15.9. The average molecular weight is 922 g/mol. The van der Waals surface area contributed by atoms with E-state index in [1.165, 1.54) is 11.6 Å². The van der Waals surface area contributed by atoms with Crippen LogP contribution < -0.4 is 21.3 Å². The van der Waals surface area contributed by atoms with Gasteiger partial charge in [0.15, 0.2) is 0 Å². The molecule has 5 aromatic rings. The lowest BCUT2D eigenvalue weighted by Gasteiger charge is -2.27. The fourth-order valence-electron chi connectivity index (χ4n) is 8.87. The van der Waals surface area contributed by atoms with Crippen LogP contribution in [-0.2, 0) is 61.0 Å². The fourth-order valence-corrected chi connectivity index (χ4v) is 8.87. The molecule has 18 nitrogen and oxygen atoms in total. The first kappa shape index (κ1) is 47.1. The summed E-state index contributed by atoms with van der Waals surface area (Å²) in [5.41, 5.74) is 7.20. The molecule has 3 aliphatic rings. The minimum atomic E-state index is -1.02. The SMILES string of the molecule is CNCc1ccc(-c2c3c4c(cc(F)cc4n2CCCCc2cn(CCOCCOCCOCCOCCNc4cccc5c4C(=O)N(C4CCC(=O)NC4=O)C5=O)nn2)C(=O)NCC3)cc1. The second-order valence-corrected chi connectivity index (χ2v) is 16.5. The lowest BCUT2D eigenvalue weighted by molar-refractivity contribution is -0.136. The highest BCUT2D eigenvalue weighted by Crippen LogP contribution is 2.38. The number of carbonyl (C=O) groups excluding carboxylic acids is 5. The number of ether oxygens (including phenoxy) is 4. The number of rotatable bonds is 25. The van der Waals surface area contributed by atoms with Crippen LogP contribution in [0.2, 0.25) is 0 Å². The van der Waals surface area contributed by atoms with E-state index < -0.39 is 35.5 Å². The van der Waals surface area contributed by atoms with Crippen LogP contribution >= 0.6 is 0 Å². The van der Waals surface area contributed by atoms with Gasteiger partial charge in [0.25, 0.3) is 17.7 Å². The molecule has 5 amide bonds. The molecular weight excluding hydrogens is 866 g/mol. The lowest BCUT2D eigenvalue weighted by Crippen LogP contribution is -2.54. The average Bonchev–Trinajstić information content (AvgIpc) is 3.94. The molecule has 1 unspecified atom stereocenters. The molecule has 5 heterocycles. The first-order valence-electron chi connectivity index (χ1n) is 22.9. The summed E-state index contributed by atoms with van der Waals surface area (Å²) in [6.45, 7) is 5.97. The molecule has 1 atom stereocenters. The monoisotopic (exact) mass is 921 g/mol. The van der Waals surface area contributed by atoms with Gasteiger partial charge in [-0.1, -0.05) is 35.5 Å². The molecule has 3 aromatic carbocycles. The van der Waals surface area contributed by atoms with E-state index in [9.17, 15) is 28.4 Å². The van der Waals surface area contributed by atoms with Crippen molar-refractivity contribution in [3.8, 4) is 11.3 Å². The Bertz CT molecular complexity index is 2600.